The second-order valence-electron chi connectivity index (χ2n) is 7.03. The quantitative estimate of drug-likeness (QED) is 0.386. The van der Waals surface area contributed by atoms with Crippen LogP contribution < -0.4 is 10.6 Å². The monoisotopic (exact) mass is 439 g/mol. The highest BCUT2D eigenvalue weighted by molar-refractivity contribution is 14.0. The van der Waals surface area contributed by atoms with E-state index < -0.39 is 0 Å². The number of nitrogens with one attached hydrogen (secondary N) is 2. The van der Waals surface area contributed by atoms with Crippen molar-refractivity contribution >= 4 is 35.8 Å². The number of rotatable bonds is 5. The van der Waals surface area contributed by atoms with Crippen LogP contribution in [0.4, 0.5) is 0 Å². The topological polar surface area (TPSA) is 60.0 Å². The number of likely N-dealkylation sites (tertiary alicyclic amines) is 1. The molecule has 1 heterocycles. The van der Waals surface area contributed by atoms with Crippen molar-refractivity contribution in [3.05, 3.63) is 0 Å². The summed E-state index contributed by atoms with van der Waals surface area (Å²) in [6.07, 6.45) is 0. The van der Waals surface area contributed by atoms with E-state index in [0.29, 0.717) is 18.0 Å². The smallest absolute Gasteiger partial charge is 0.243 e. The molecule has 2 N–H and O–H groups in total. The second-order valence-corrected chi connectivity index (χ2v) is 7.03. The average Bonchev–Trinajstić information content (AvgIpc) is 2.76. The Morgan fingerprint density at radius 2 is 1.87 bits per heavy atom. The van der Waals surface area contributed by atoms with Gasteiger partial charge < -0.3 is 15.5 Å². The Kier molecular flexibility index (Phi) is 10.1. The van der Waals surface area contributed by atoms with Crippen LogP contribution >= 0.6 is 24.0 Å². The average molecular weight is 439 g/mol. The summed E-state index contributed by atoms with van der Waals surface area (Å²) >= 11 is 0. The Hall–Kier alpha value is -0.570. The molecule has 0 spiro atoms. The van der Waals surface area contributed by atoms with E-state index in [1.807, 2.05) is 0 Å². The number of carbonyl (C=O) groups is 1. The lowest BCUT2D eigenvalue weighted by Crippen LogP contribution is -2.49. The zero-order valence-corrected chi connectivity index (χ0v) is 17.9. The van der Waals surface area contributed by atoms with Gasteiger partial charge in [-0.05, 0) is 33.6 Å². The molecule has 7 heteroatoms. The Balaban J connectivity index is 0.00000484. The van der Waals surface area contributed by atoms with Crippen LogP contribution in [0.2, 0.25) is 0 Å². The molecule has 1 rings (SSSR count). The molecule has 0 bridgehead atoms. The van der Waals surface area contributed by atoms with E-state index in [0.717, 1.165) is 19.0 Å². The molecule has 0 aromatic rings. The van der Waals surface area contributed by atoms with Crippen LogP contribution in [-0.2, 0) is 4.79 Å². The number of carbonyl (C=O) groups excluding carboxylic acids is 1. The molecule has 0 aromatic heterocycles. The number of amides is 1. The molecule has 1 amide bonds. The largest absolute Gasteiger partial charge is 0.354 e. The molecule has 0 aromatic carbocycles. The van der Waals surface area contributed by atoms with Crippen LogP contribution in [-0.4, -0.2) is 73.5 Å². The number of hydrogen-bond donors (Lipinski definition) is 2. The Morgan fingerprint density at radius 3 is 2.30 bits per heavy atom. The number of halogens is 1. The van der Waals surface area contributed by atoms with Crippen molar-refractivity contribution in [1.29, 1.82) is 0 Å². The maximum Gasteiger partial charge on any atom is 0.243 e. The third-order valence-corrected chi connectivity index (χ3v) is 3.99. The van der Waals surface area contributed by atoms with E-state index in [9.17, 15) is 4.79 Å². The van der Waals surface area contributed by atoms with Gasteiger partial charge in [-0.1, -0.05) is 6.92 Å². The van der Waals surface area contributed by atoms with E-state index in [-0.39, 0.29) is 42.5 Å². The van der Waals surface area contributed by atoms with Gasteiger partial charge in [0.15, 0.2) is 5.96 Å². The van der Waals surface area contributed by atoms with Gasteiger partial charge in [0.2, 0.25) is 5.91 Å². The lowest BCUT2D eigenvalue weighted by molar-refractivity contribution is -0.127. The minimum absolute atomic E-state index is 0. The second kappa shape index (κ2) is 10.3. The third kappa shape index (κ3) is 7.69. The van der Waals surface area contributed by atoms with Gasteiger partial charge in [-0.2, -0.15) is 0 Å². The summed E-state index contributed by atoms with van der Waals surface area (Å²) in [5.41, 5.74) is 0. The molecular formula is C16H34IN5O. The normalized spacial score (nSPS) is 22.2. The highest BCUT2D eigenvalue weighted by Gasteiger charge is 2.31. The number of guanidine groups is 1. The van der Waals surface area contributed by atoms with E-state index in [4.69, 9.17) is 0 Å². The fourth-order valence-electron chi connectivity index (χ4n) is 2.48. The molecule has 0 saturated carbocycles. The van der Waals surface area contributed by atoms with Gasteiger partial charge in [0.05, 0.1) is 0 Å². The van der Waals surface area contributed by atoms with Crippen molar-refractivity contribution in [3.8, 4) is 0 Å². The first kappa shape index (κ1) is 22.4. The SMILES string of the molecule is CC(C)NC(=NCC(=O)N(C)C)NC1CN(C(C)C)CC1C.I. The maximum atomic E-state index is 11.7. The molecule has 1 aliphatic heterocycles. The number of likely N-dealkylation sites (N-methyl/N-ethyl adjacent to an activating group) is 1. The predicted molar refractivity (Wildman–Crippen MR) is 107 cm³/mol. The van der Waals surface area contributed by atoms with Crippen molar-refractivity contribution in [3.63, 3.8) is 0 Å². The summed E-state index contributed by atoms with van der Waals surface area (Å²) in [5.74, 6) is 1.30. The molecule has 2 unspecified atom stereocenters. The fraction of sp³-hybridized carbons (Fsp3) is 0.875. The maximum absolute atomic E-state index is 11.7. The van der Waals surface area contributed by atoms with Crippen LogP contribution in [0, 0.1) is 5.92 Å². The van der Waals surface area contributed by atoms with E-state index in [1.54, 1.807) is 19.0 Å². The number of aliphatic imine (C=N–C) groups is 1. The third-order valence-electron chi connectivity index (χ3n) is 3.99. The molecule has 23 heavy (non-hydrogen) atoms. The molecule has 6 nitrogen and oxygen atoms in total. The molecular weight excluding hydrogens is 405 g/mol. The summed E-state index contributed by atoms with van der Waals surface area (Å²) in [7, 11) is 3.50. The Morgan fingerprint density at radius 1 is 1.26 bits per heavy atom. The highest BCUT2D eigenvalue weighted by atomic mass is 127. The standard InChI is InChI=1S/C16H33N5O.HI/c1-11(2)18-16(17-8-15(22)20(6)7)19-14-10-21(12(3)4)9-13(14)5;/h11-14H,8-10H2,1-7H3,(H2,17,18,19);1H. The summed E-state index contributed by atoms with van der Waals surface area (Å²) in [4.78, 5) is 20.2. The molecule has 136 valence electrons. The van der Waals surface area contributed by atoms with Crippen LogP contribution in [0.25, 0.3) is 0 Å². The number of nitrogens with zero attached hydrogens (tertiary/aromatic N) is 3. The minimum atomic E-state index is 0. The highest BCUT2D eigenvalue weighted by Crippen LogP contribution is 2.18. The van der Waals surface area contributed by atoms with Gasteiger partial charge >= 0.3 is 0 Å². The molecule has 1 saturated heterocycles. The Bertz CT molecular complexity index is 398. The van der Waals surface area contributed by atoms with Crippen molar-refractivity contribution in [2.45, 2.75) is 52.7 Å². The molecule has 1 aliphatic rings. The van der Waals surface area contributed by atoms with Crippen LogP contribution in [0.1, 0.15) is 34.6 Å². The van der Waals surface area contributed by atoms with Crippen LogP contribution in [0.3, 0.4) is 0 Å². The zero-order valence-electron chi connectivity index (χ0n) is 15.6. The summed E-state index contributed by atoms with van der Waals surface area (Å²) in [6, 6.07) is 1.20. The van der Waals surface area contributed by atoms with Gasteiger partial charge in [-0.15, -0.1) is 24.0 Å². The first-order valence-corrected chi connectivity index (χ1v) is 8.22. The zero-order chi connectivity index (χ0) is 16.9. The first-order valence-electron chi connectivity index (χ1n) is 8.22. The van der Waals surface area contributed by atoms with E-state index >= 15 is 0 Å². The van der Waals surface area contributed by atoms with E-state index in [2.05, 4.69) is 55.1 Å². The summed E-state index contributed by atoms with van der Waals surface area (Å²) in [5, 5.41) is 6.82. The minimum Gasteiger partial charge on any atom is -0.354 e. The summed E-state index contributed by atoms with van der Waals surface area (Å²) in [6.45, 7) is 13.1. The molecule has 0 radical (unpaired) electrons. The molecule has 2 atom stereocenters. The summed E-state index contributed by atoms with van der Waals surface area (Å²) < 4.78 is 0. The van der Waals surface area contributed by atoms with Gasteiger partial charge in [-0.25, -0.2) is 4.99 Å². The van der Waals surface area contributed by atoms with Crippen LogP contribution in [0.15, 0.2) is 4.99 Å². The fourth-order valence-corrected chi connectivity index (χ4v) is 2.48. The lowest BCUT2D eigenvalue weighted by Gasteiger charge is -2.23. The van der Waals surface area contributed by atoms with Gasteiger partial charge in [0.1, 0.15) is 6.54 Å². The van der Waals surface area contributed by atoms with E-state index in [1.165, 1.54) is 0 Å². The van der Waals surface area contributed by atoms with Crippen LogP contribution in [0.5, 0.6) is 0 Å². The first-order chi connectivity index (χ1) is 10.2. The van der Waals surface area contributed by atoms with Crippen molar-refractivity contribution in [2.75, 3.05) is 33.7 Å². The lowest BCUT2D eigenvalue weighted by atomic mass is 10.1. The molecule has 1 fully saturated rings. The predicted octanol–water partition coefficient (Wildman–Crippen LogP) is 1.36. The van der Waals surface area contributed by atoms with Gasteiger partial charge in [0.25, 0.3) is 0 Å². The Labute approximate surface area is 158 Å². The van der Waals surface area contributed by atoms with Gasteiger partial charge in [0, 0.05) is 45.3 Å². The number of hydrogen-bond acceptors (Lipinski definition) is 3. The van der Waals surface area contributed by atoms with Crippen molar-refractivity contribution < 1.29 is 4.79 Å². The van der Waals surface area contributed by atoms with Crippen molar-refractivity contribution in [2.24, 2.45) is 10.9 Å². The van der Waals surface area contributed by atoms with Crippen molar-refractivity contribution in [1.82, 2.24) is 20.4 Å². The van der Waals surface area contributed by atoms with Gasteiger partial charge in [-0.3, -0.25) is 9.69 Å². The molecule has 0 aliphatic carbocycles.